The molecule has 0 spiro atoms. The van der Waals surface area contributed by atoms with Crippen LogP contribution in [0.4, 0.5) is 5.69 Å². The van der Waals surface area contributed by atoms with Gasteiger partial charge in [-0.2, -0.15) is 0 Å². The summed E-state index contributed by atoms with van der Waals surface area (Å²) < 4.78 is 23.3. The van der Waals surface area contributed by atoms with E-state index in [1.807, 2.05) is 12.1 Å². The Labute approximate surface area is 107 Å². The molecule has 5 heteroatoms. The van der Waals surface area contributed by atoms with Crippen LogP contribution in [0.3, 0.4) is 0 Å². The molecular formula is C12H16ClNO2S. The van der Waals surface area contributed by atoms with Crippen molar-refractivity contribution in [1.82, 2.24) is 0 Å². The van der Waals surface area contributed by atoms with Crippen LogP contribution in [0.25, 0.3) is 0 Å². The summed E-state index contributed by atoms with van der Waals surface area (Å²) >= 11 is 6.05. The Bertz CT molecular complexity index is 484. The molecule has 0 bridgehead atoms. The summed E-state index contributed by atoms with van der Waals surface area (Å²) in [5.41, 5.74) is 1.04. The molecule has 0 amide bonds. The number of hydrogen-bond acceptors (Lipinski definition) is 3. The van der Waals surface area contributed by atoms with Crippen LogP contribution in [0.15, 0.2) is 29.2 Å². The first-order chi connectivity index (χ1) is 8.03. The lowest BCUT2D eigenvalue weighted by molar-refractivity contribution is 0.597. The molecule has 1 aliphatic heterocycles. The Hall–Kier alpha value is -0.740. The van der Waals surface area contributed by atoms with E-state index in [2.05, 4.69) is 4.90 Å². The van der Waals surface area contributed by atoms with E-state index in [4.69, 9.17) is 11.6 Å². The summed E-state index contributed by atoms with van der Waals surface area (Å²) in [6.07, 6.45) is 0.983. The van der Waals surface area contributed by atoms with Crippen LogP contribution < -0.4 is 4.90 Å². The summed E-state index contributed by atoms with van der Waals surface area (Å²) in [6.45, 7) is 3.43. The highest BCUT2D eigenvalue weighted by Gasteiger charge is 2.21. The molecule has 1 aromatic rings. The van der Waals surface area contributed by atoms with Crippen LogP contribution in [-0.2, 0) is 9.84 Å². The molecule has 3 nitrogen and oxygen atoms in total. The van der Waals surface area contributed by atoms with E-state index in [0.717, 1.165) is 25.2 Å². The lowest BCUT2D eigenvalue weighted by Gasteiger charge is -2.17. The Balaban J connectivity index is 2.19. The molecule has 1 unspecified atom stereocenters. The lowest BCUT2D eigenvalue weighted by Crippen LogP contribution is -2.19. The fourth-order valence-electron chi connectivity index (χ4n) is 1.98. The topological polar surface area (TPSA) is 37.4 Å². The minimum Gasteiger partial charge on any atom is -0.370 e. The molecule has 2 rings (SSSR count). The predicted molar refractivity (Wildman–Crippen MR) is 70.6 cm³/mol. The van der Waals surface area contributed by atoms with Gasteiger partial charge in [0.2, 0.25) is 0 Å². The average molecular weight is 274 g/mol. The number of rotatable bonds is 3. The third-order valence-corrected chi connectivity index (χ3v) is 5.18. The molecule has 1 heterocycles. The van der Waals surface area contributed by atoms with Crippen LogP contribution >= 0.6 is 11.6 Å². The molecule has 1 aliphatic rings. The fourth-order valence-corrected chi connectivity index (χ4v) is 3.13. The number of nitrogens with zero attached hydrogens (tertiary/aromatic N) is 1. The predicted octanol–water partition coefficient (Wildman–Crippen LogP) is 2.30. The SMILES string of the molecule is CCS(=O)(=O)c1ccc(N2CCC(Cl)C2)cc1. The van der Waals surface area contributed by atoms with Crippen molar-refractivity contribution in [2.24, 2.45) is 0 Å². The van der Waals surface area contributed by atoms with Crippen molar-refractivity contribution in [2.75, 3.05) is 23.7 Å². The molecule has 1 saturated heterocycles. The first kappa shape index (κ1) is 12.7. The molecule has 17 heavy (non-hydrogen) atoms. The third kappa shape index (κ3) is 2.75. The Morgan fingerprint density at radius 2 is 2.00 bits per heavy atom. The van der Waals surface area contributed by atoms with Crippen molar-refractivity contribution in [3.8, 4) is 0 Å². The highest BCUT2D eigenvalue weighted by atomic mass is 35.5. The molecule has 0 radical (unpaired) electrons. The molecule has 1 atom stereocenters. The van der Waals surface area contributed by atoms with Crippen LogP contribution in [0.2, 0.25) is 0 Å². The van der Waals surface area contributed by atoms with Gasteiger partial charge in [-0.15, -0.1) is 11.6 Å². The van der Waals surface area contributed by atoms with Gasteiger partial charge in [0.15, 0.2) is 9.84 Å². The highest BCUT2D eigenvalue weighted by molar-refractivity contribution is 7.91. The summed E-state index contributed by atoms with van der Waals surface area (Å²) in [5, 5.41) is 0.203. The maximum atomic E-state index is 11.7. The zero-order chi connectivity index (χ0) is 12.5. The Morgan fingerprint density at radius 3 is 2.47 bits per heavy atom. The summed E-state index contributed by atoms with van der Waals surface area (Å²) in [5.74, 6) is 0.139. The number of alkyl halides is 1. The van der Waals surface area contributed by atoms with Crippen LogP contribution in [-0.4, -0.2) is 32.6 Å². The van der Waals surface area contributed by atoms with E-state index in [1.54, 1.807) is 19.1 Å². The summed E-state index contributed by atoms with van der Waals surface area (Å²) in [6, 6.07) is 7.07. The van der Waals surface area contributed by atoms with Gasteiger partial charge in [0, 0.05) is 18.8 Å². The molecule has 1 aromatic carbocycles. The van der Waals surface area contributed by atoms with Crippen LogP contribution in [0.1, 0.15) is 13.3 Å². The molecule has 0 aromatic heterocycles. The van der Waals surface area contributed by atoms with Gasteiger partial charge in [0.05, 0.1) is 16.0 Å². The van der Waals surface area contributed by atoms with Crippen molar-refractivity contribution in [2.45, 2.75) is 23.6 Å². The zero-order valence-corrected chi connectivity index (χ0v) is 11.3. The smallest absolute Gasteiger partial charge is 0.178 e. The minimum atomic E-state index is -3.09. The van der Waals surface area contributed by atoms with Gasteiger partial charge in [0.1, 0.15) is 0 Å². The molecule has 1 fully saturated rings. The van der Waals surface area contributed by atoms with Crippen molar-refractivity contribution in [1.29, 1.82) is 0 Å². The second-order valence-corrected chi connectivity index (χ2v) is 7.12. The van der Waals surface area contributed by atoms with Gasteiger partial charge in [0.25, 0.3) is 0 Å². The van der Waals surface area contributed by atoms with Gasteiger partial charge < -0.3 is 4.90 Å². The number of hydrogen-bond donors (Lipinski definition) is 0. The van der Waals surface area contributed by atoms with Crippen molar-refractivity contribution < 1.29 is 8.42 Å². The average Bonchev–Trinajstić information content (AvgIpc) is 2.76. The molecule has 0 N–H and O–H groups in total. The van der Waals surface area contributed by atoms with Gasteiger partial charge >= 0.3 is 0 Å². The van der Waals surface area contributed by atoms with E-state index in [-0.39, 0.29) is 11.1 Å². The molecule has 0 saturated carbocycles. The van der Waals surface area contributed by atoms with E-state index in [9.17, 15) is 8.42 Å². The monoisotopic (exact) mass is 273 g/mol. The largest absolute Gasteiger partial charge is 0.370 e. The maximum Gasteiger partial charge on any atom is 0.178 e. The number of benzene rings is 1. The highest BCUT2D eigenvalue weighted by Crippen LogP contribution is 2.24. The Kier molecular flexibility index (Phi) is 3.64. The quantitative estimate of drug-likeness (QED) is 0.793. The second-order valence-electron chi connectivity index (χ2n) is 4.23. The molecule has 94 valence electrons. The van der Waals surface area contributed by atoms with Gasteiger partial charge in [-0.25, -0.2) is 8.42 Å². The van der Waals surface area contributed by atoms with Crippen LogP contribution in [0, 0.1) is 0 Å². The lowest BCUT2D eigenvalue weighted by atomic mass is 10.3. The zero-order valence-electron chi connectivity index (χ0n) is 9.77. The van der Waals surface area contributed by atoms with Gasteiger partial charge in [-0.3, -0.25) is 0 Å². The summed E-state index contributed by atoms with van der Waals surface area (Å²) in [7, 11) is -3.09. The first-order valence-electron chi connectivity index (χ1n) is 5.75. The first-order valence-corrected chi connectivity index (χ1v) is 7.83. The van der Waals surface area contributed by atoms with E-state index < -0.39 is 9.84 Å². The normalized spacial score (nSPS) is 20.8. The van der Waals surface area contributed by atoms with Crippen LogP contribution in [0.5, 0.6) is 0 Å². The Morgan fingerprint density at radius 1 is 1.35 bits per heavy atom. The number of halogens is 1. The fraction of sp³-hybridized carbons (Fsp3) is 0.500. The van der Waals surface area contributed by atoms with Crippen molar-refractivity contribution in [3.63, 3.8) is 0 Å². The number of sulfone groups is 1. The number of anilines is 1. The van der Waals surface area contributed by atoms with Crippen molar-refractivity contribution >= 4 is 27.1 Å². The summed E-state index contributed by atoms with van der Waals surface area (Å²) in [4.78, 5) is 2.57. The standard InChI is InChI=1S/C12H16ClNO2S/c1-2-17(15,16)12-5-3-11(4-6-12)14-8-7-10(13)9-14/h3-6,10H,2,7-9H2,1H3. The maximum absolute atomic E-state index is 11.7. The molecule has 0 aliphatic carbocycles. The van der Waals surface area contributed by atoms with E-state index in [0.29, 0.717) is 4.90 Å². The van der Waals surface area contributed by atoms with Gasteiger partial charge in [-0.05, 0) is 30.7 Å². The third-order valence-electron chi connectivity index (χ3n) is 3.07. The second kappa shape index (κ2) is 4.86. The van der Waals surface area contributed by atoms with Gasteiger partial charge in [-0.1, -0.05) is 6.92 Å². The minimum absolute atomic E-state index is 0.139. The van der Waals surface area contributed by atoms with Crippen molar-refractivity contribution in [3.05, 3.63) is 24.3 Å². The van der Waals surface area contributed by atoms with E-state index >= 15 is 0 Å². The van der Waals surface area contributed by atoms with E-state index in [1.165, 1.54) is 0 Å². The molecular weight excluding hydrogens is 258 g/mol.